The average molecular weight is 586 g/mol. The second kappa shape index (κ2) is 11.4. The van der Waals surface area contributed by atoms with Crippen molar-refractivity contribution in [1.82, 2.24) is 0 Å². The van der Waals surface area contributed by atoms with Crippen molar-refractivity contribution in [3.8, 4) is 0 Å². The Morgan fingerprint density at radius 2 is 0.595 bits per heavy atom. The molecule has 228 valence electrons. The molecule has 0 aliphatic heterocycles. The number of carboxylic acid groups (broad SMARTS) is 3. The zero-order valence-electron chi connectivity index (χ0n) is 23.6. The van der Waals surface area contributed by atoms with Crippen LogP contribution in [0.15, 0.2) is 0 Å². The van der Waals surface area contributed by atoms with Crippen molar-refractivity contribution in [2.75, 3.05) is 0 Å². The van der Waals surface area contributed by atoms with Gasteiger partial charge in [-0.25, -0.2) is 14.4 Å². The van der Waals surface area contributed by atoms with E-state index in [4.69, 9.17) is 17.2 Å². The van der Waals surface area contributed by atoms with E-state index < -0.39 is 85.3 Å². The lowest BCUT2D eigenvalue weighted by atomic mass is 9.56. The highest BCUT2D eigenvalue weighted by Gasteiger charge is 2.56. The molecule has 0 heterocycles. The molecule has 3 fully saturated rings. The summed E-state index contributed by atoms with van der Waals surface area (Å²) in [6, 6.07) is 0. The Morgan fingerprint density at radius 1 is 0.405 bits per heavy atom. The maximum Gasteiger partial charge on any atom is 0.336 e. The summed E-state index contributed by atoms with van der Waals surface area (Å²) >= 11 is 0. The molecule has 12 heteroatoms. The summed E-state index contributed by atoms with van der Waals surface area (Å²) in [5.41, 5.74) is 8.99. The second-order valence-electron chi connectivity index (χ2n) is 12.2. The van der Waals surface area contributed by atoms with Crippen molar-refractivity contribution in [2.45, 2.75) is 113 Å². The fraction of sp³-hybridized carbons (Fsp3) is 0.600. The third-order valence-corrected chi connectivity index (χ3v) is 10.1. The van der Waals surface area contributed by atoms with Crippen LogP contribution in [-0.4, -0.2) is 50.9 Å². The van der Waals surface area contributed by atoms with E-state index in [0.717, 1.165) is 0 Å². The molecule has 3 amide bonds. The van der Waals surface area contributed by atoms with Crippen LogP contribution < -0.4 is 17.2 Å². The molecule has 3 saturated carbocycles. The Bertz CT molecular complexity index is 1170. The van der Waals surface area contributed by atoms with E-state index in [0.29, 0.717) is 57.8 Å². The second-order valence-corrected chi connectivity index (χ2v) is 12.2. The zero-order chi connectivity index (χ0) is 31.0. The molecule has 1 aromatic rings. The highest BCUT2D eigenvalue weighted by Crippen LogP contribution is 2.54. The SMILES string of the molecule is NC(=O)C1(c2c(C(=O)O)c(C3(C(N)=O)CCCCC3)c(C(=O)O)c(C3(C(N)=O)CCCCC3)c2C(=O)O)CCCCC1. The lowest BCUT2D eigenvalue weighted by Crippen LogP contribution is -2.51. The number of carbonyl (C=O) groups is 6. The Labute approximate surface area is 243 Å². The van der Waals surface area contributed by atoms with E-state index in [1.165, 1.54) is 0 Å². The van der Waals surface area contributed by atoms with Crippen molar-refractivity contribution in [3.63, 3.8) is 0 Å². The summed E-state index contributed by atoms with van der Waals surface area (Å²) in [7, 11) is 0. The summed E-state index contributed by atoms with van der Waals surface area (Å²) in [4.78, 5) is 80.1. The Morgan fingerprint density at radius 3 is 0.738 bits per heavy atom. The maximum absolute atomic E-state index is 13.4. The van der Waals surface area contributed by atoms with E-state index in [2.05, 4.69) is 0 Å². The number of amides is 3. The first-order valence-electron chi connectivity index (χ1n) is 14.6. The van der Waals surface area contributed by atoms with Crippen LogP contribution in [0, 0.1) is 0 Å². The molecule has 0 spiro atoms. The van der Waals surface area contributed by atoms with Gasteiger partial charge in [-0.1, -0.05) is 57.8 Å². The van der Waals surface area contributed by atoms with Gasteiger partial charge in [0.2, 0.25) is 17.7 Å². The summed E-state index contributed by atoms with van der Waals surface area (Å²) < 4.78 is 0. The Balaban J connectivity index is 2.42. The largest absolute Gasteiger partial charge is 0.478 e. The molecule has 0 atom stereocenters. The van der Waals surface area contributed by atoms with Crippen LogP contribution in [0.25, 0.3) is 0 Å². The molecule has 3 aliphatic carbocycles. The van der Waals surface area contributed by atoms with Gasteiger partial charge in [-0.15, -0.1) is 0 Å². The molecule has 0 radical (unpaired) electrons. The third kappa shape index (κ3) is 4.60. The fourth-order valence-electron chi connectivity index (χ4n) is 8.15. The van der Waals surface area contributed by atoms with Crippen LogP contribution in [0.5, 0.6) is 0 Å². The van der Waals surface area contributed by atoms with Crippen LogP contribution in [0.2, 0.25) is 0 Å². The van der Waals surface area contributed by atoms with Crippen LogP contribution in [0.1, 0.15) is 144 Å². The standard InChI is InChI=1S/C30H39N3O9/c31-25(40)28(10-4-1-5-11-28)19-16(22(34)35)20(29(26(32)41)12-6-2-7-13-29)18(24(38)39)21(17(19)23(36)37)30(27(33)42)14-8-3-9-15-30/h1-15H2,(H2,31,40)(H2,32,41)(H2,33,42)(H,34,35)(H,36,37)(H,38,39). The number of hydrogen-bond acceptors (Lipinski definition) is 6. The first-order valence-corrected chi connectivity index (χ1v) is 14.6. The summed E-state index contributed by atoms with van der Waals surface area (Å²) in [5.74, 6) is -7.98. The first kappa shape index (κ1) is 31.0. The molecule has 1 aromatic carbocycles. The Hall–Kier alpha value is -3.96. The molecule has 0 aromatic heterocycles. The lowest BCUT2D eigenvalue weighted by molar-refractivity contribution is -0.125. The first-order chi connectivity index (χ1) is 19.8. The minimum Gasteiger partial charge on any atom is -0.478 e. The number of carbonyl (C=O) groups excluding carboxylic acids is 3. The van der Waals surface area contributed by atoms with Crippen LogP contribution in [0.3, 0.4) is 0 Å². The molecule has 0 unspecified atom stereocenters. The van der Waals surface area contributed by atoms with Gasteiger partial charge in [0.05, 0.1) is 32.9 Å². The van der Waals surface area contributed by atoms with Gasteiger partial charge in [0.15, 0.2) is 0 Å². The van der Waals surface area contributed by atoms with Crippen molar-refractivity contribution in [3.05, 3.63) is 33.4 Å². The third-order valence-electron chi connectivity index (χ3n) is 10.1. The van der Waals surface area contributed by atoms with Gasteiger partial charge in [-0.05, 0) is 55.2 Å². The topological polar surface area (TPSA) is 241 Å². The fourth-order valence-corrected chi connectivity index (χ4v) is 8.15. The molecule has 9 N–H and O–H groups in total. The monoisotopic (exact) mass is 585 g/mol. The average Bonchev–Trinajstić information content (AvgIpc) is 2.96. The zero-order valence-corrected chi connectivity index (χ0v) is 23.6. The predicted molar refractivity (Wildman–Crippen MR) is 149 cm³/mol. The van der Waals surface area contributed by atoms with Crippen LogP contribution in [0.4, 0.5) is 0 Å². The smallest absolute Gasteiger partial charge is 0.336 e. The van der Waals surface area contributed by atoms with Crippen molar-refractivity contribution in [1.29, 1.82) is 0 Å². The normalized spacial score (nSPS) is 21.1. The molecule has 4 rings (SSSR count). The quantitative estimate of drug-likeness (QED) is 0.249. The van der Waals surface area contributed by atoms with Crippen molar-refractivity contribution < 1.29 is 44.1 Å². The minimum absolute atomic E-state index is 0.0152. The van der Waals surface area contributed by atoms with E-state index in [-0.39, 0.29) is 38.5 Å². The van der Waals surface area contributed by atoms with E-state index in [9.17, 15) is 44.1 Å². The van der Waals surface area contributed by atoms with Gasteiger partial charge < -0.3 is 32.5 Å². The molecule has 42 heavy (non-hydrogen) atoms. The lowest BCUT2D eigenvalue weighted by Gasteiger charge is -2.45. The maximum atomic E-state index is 13.4. The van der Waals surface area contributed by atoms with Gasteiger partial charge in [0.1, 0.15) is 0 Å². The highest BCUT2D eigenvalue weighted by molar-refractivity contribution is 6.12. The van der Waals surface area contributed by atoms with Crippen LogP contribution >= 0.6 is 0 Å². The molecule has 0 bridgehead atoms. The predicted octanol–water partition coefficient (Wildman–Crippen LogP) is 2.84. The van der Waals surface area contributed by atoms with Gasteiger partial charge >= 0.3 is 17.9 Å². The van der Waals surface area contributed by atoms with E-state index in [1.54, 1.807) is 0 Å². The summed E-state index contributed by atoms with van der Waals surface area (Å²) in [6.07, 6.45) is 4.69. The number of aromatic carboxylic acids is 3. The van der Waals surface area contributed by atoms with Crippen molar-refractivity contribution in [2.24, 2.45) is 17.2 Å². The van der Waals surface area contributed by atoms with E-state index >= 15 is 0 Å². The van der Waals surface area contributed by atoms with E-state index in [1.807, 2.05) is 0 Å². The van der Waals surface area contributed by atoms with Gasteiger partial charge in [-0.3, -0.25) is 14.4 Å². The molecular formula is C30H39N3O9. The highest BCUT2D eigenvalue weighted by atomic mass is 16.4. The summed E-state index contributed by atoms with van der Waals surface area (Å²) in [6.45, 7) is 0. The number of carboxylic acids is 3. The number of nitrogens with two attached hydrogens (primary N) is 3. The minimum atomic E-state index is -1.80. The number of hydrogen-bond donors (Lipinski definition) is 6. The van der Waals surface area contributed by atoms with Crippen LogP contribution in [-0.2, 0) is 30.6 Å². The molecule has 3 aliphatic rings. The number of primary amides is 3. The molecular weight excluding hydrogens is 546 g/mol. The van der Waals surface area contributed by atoms with Gasteiger partial charge in [0.25, 0.3) is 0 Å². The Kier molecular flexibility index (Phi) is 8.39. The molecule has 12 nitrogen and oxygen atoms in total. The number of benzene rings is 1. The molecule has 0 saturated heterocycles. The van der Waals surface area contributed by atoms with Gasteiger partial charge in [0, 0.05) is 0 Å². The number of rotatable bonds is 9. The van der Waals surface area contributed by atoms with Crippen molar-refractivity contribution >= 4 is 35.6 Å². The summed E-state index contributed by atoms with van der Waals surface area (Å²) in [5, 5.41) is 32.4. The van der Waals surface area contributed by atoms with Gasteiger partial charge in [-0.2, -0.15) is 0 Å².